The average molecular weight is 478 g/mol. The molecule has 2 heterocycles. The zero-order valence-corrected chi connectivity index (χ0v) is 19.6. The van der Waals surface area contributed by atoms with E-state index in [1.807, 2.05) is 7.05 Å². The second-order valence-corrected chi connectivity index (χ2v) is 9.94. The molecule has 8 heteroatoms. The number of carbonyl (C=O) groups excluding carboxylic acids is 2. The zero-order valence-electron chi connectivity index (χ0n) is 18.7. The molecule has 34 heavy (non-hydrogen) atoms. The minimum absolute atomic E-state index is 0.0454. The van der Waals surface area contributed by atoms with Crippen molar-refractivity contribution in [3.05, 3.63) is 89.2 Å². The molecule has 0 radical (unpaired) electrons. The number of fused-ring (bicyclic) bond motifs is 2. The summed E-state index contributed by atoms with van der Waals surface area (Å²) in [4.78, 5) is 33.1. The Morgan fingerprint density at radius 1 is 0.941 bits per heavy atom. The first-order chi connectivity index (χ1) is 16.4. The topological polar surface area (TPSA) is 60.9 Å². The maximum absolute atomic E-state index is 14.5. The Morgan fingerprint density at radius 2 is 1.65 bits per heavy atom. The molecule has 6 nitrogen and oxygen atoms in total. The Bertz CT molecular complexity index is 1300. The van der Waals surface area contributed by atoms with Crippen LogP contribution in [0, 0.1) is 5.82 Å². The van der Waals surface area contributed by atoms with Crippen molar-refractivity contribution in [2.24, 2.45) is 0 Å². The lowest BCUT2D eigenvalue weighted by Crippen LogP contribution is -2.47. The number of benzene rings is 3. The van der Waals surface area contributed by atoms with Gasteiger partial charge in [-0.05, 0) is 43.4 Å². The normalized spacial score (nSPS) is 18.3. The number of carbonyl (C=O) groups is 2. The van der Waals surface area contributed by atoms with Crippen LogP contribution in [0.5, 0.6) is 0 Å². The summed E-state index contributed by atoms with van der Waals surface area (Å²) in [6.45, 7) is 2.75. The van der Waals surface area contributed by atoms with Gasteiger partial charge in [-0.1, -0.05) is 30.3 Å². The first-order valence-electron chi connectivity index (χ1n) is 11.1. The van der Waals surface area contributed by atoms with Crippen LogP contribution in [0.1, 0.15) is 26.3 Å². The number of anilines is 1. The van der Waals surface area contributed by atoms with Crippen LogP contribution in [0.3, 0.4) is 0 Å². The van der Waals surface area contributed by atoms with Crippen molar-refractivity contribution in [1.29, 1.82) is 0 Å². The molecular weight excluding hydrogens is 453 g/mol. The number of likely N-dealkylation sites (N-methyl/N-ethyl adjacent to an activating group) is 1. The van der Waals surface area contributed by atoms with Crippen LogP contribution in [0.25, 0.3) is 0 Å². The Kier molecular flexibility index (Phi) is 6.02. The molecule has 0 unspecified atom stereocenters. The van der Waals surface area contributed by atoms with E-state index < -0.39 is 16.6 Å². The highest BCUT2D eigenvalue weighted by atomic mass is 32.2. The lowest BCUT2D eigenvalue weighted by Gasteiger charge is -2.32. The minimum atomic E-state index is -1.63. The molecule has 2 aliphatic heterocycles. The van der Waals surface area contributed by atoms with E-state index in [1.165, 1.54) is 11.0 Å². The third kappa shape index (κ3) is 4.03. The molecule has 1 fully saturated rings. The van der Waals surface area contributed by atoms with Gasteiger partial charge < -0.3 is 14.7 Å². The van der Waals surface area contributed by atoms with Crippen molar-refractivity contribution in [2.75, 3.05) is 38.1 Å². The van der Waals surface area contributed by atoms with E-state index in [0.717, 1.165) is 13.1 Å². The van der Waals surface area contributed by atoms with E-state index in [1.54, 1.807) is 65.6 Å². The van der Waals surface area contributed by atoms with E-state index in [4.69, 9.17) is 0 Å². The number of hydrogen-bond acceptors (Lipinski definition) is 4. The summed E-state index contributed by atoms with van der Waals surface area (Å²) in [6.07, 6.45) is 0. The van der Waals surface area contributed by atoms with Gasteiger partial charge in [-0.25, -0.2) is 8.60 Å². The predicted octanol–water partition coefficient (Wildman–Crippen LogP) is 3.54. The van der Waals surface area contributed by atoms with Crippen molar-refractivity contribution in [1.82, 2.24) is 9.80 Å². The summed E-state index contributed by atoms with van der Waals surface area (Å²) in [5.41, 5.74) is 1.42. The quantitative estimate of drug-likeness (QED) is 0.579. The molecule has 2 amide bonds. The Hall–Kier alpha value is -3.36. The van der Waals surface area contributed by atoms with Crippen LogP contribution in [-0.4, -0.2) is 59.0 Å². The standard InChI is InChI=1S/C26H24FN3O3S/c1-28-12-14-29(15-13-28)25(31)18-10-11-24-22(16-18)30(17-19-6-2-4-8-21(19)27)26(32)20-7-3-5-9-23(20)34(24)33/h2-11,16H,12-15,17H2,1H3/t34-/m0/s1. The predicted molar refractivity (Wildman–Crippen MR) is 128 cm³/mol. The monoisotopic (exact) mass is 477 g/mol. The maximum atomic E-state index is 14.5. The largest absolute Gasteiger partial charge is 0.336 e. The van der Waals surface area contributed by atoms with Crippen LogP contribution in [-0.2, 0) is 17.3 Å². The molecule has 0 aliphatic carbocycles. The molecule has 0 spiro atoms. The van der Waals surface area contributed by atoms with Crippen LogP contribution < -0.4 is 4.90 Å². The van der Waals surface area contributed by atoms with Crippen LogP contribution in [0.15, 0.2) is 76.5 Å². The molecule has 0 N–H and O–H groups in total. The van der Waals surface area contributed by atoms with Gasteiger partial charge in [0, 0.05) is 37.3 Å². The molecule has 0 saturated carbocycles. The molecule has 3 aromatic carbocycles. The summed E-state index contributed by atoms with van der Waals surface area (Å²) in [6, 6.07) is 18.0. The van der Waals surface area contributed by atoms with Crippen LogP contribution >= 0.6 is 0 Å². The molecule has 2 aliphatic rings. The number of amides is 2. The van der Waals surface area contributed by atoms with E-state index in [9.17, 15) is 18.2 Å². The van der Waals surface area contributed by atoms with E-state index in [-0.39, 0.29) is 18.4 Å². The second-order valence-electron chi connectivity index (χ2n) is 8.53. The lowest BCUT2D eigenvalue weighted by atomic mass is 10.1. The maximum Gasteiger partial charge on any atom is 0.259 e. The van der Waals surface area contributed by atoms with Crippen molar-refractivity contribution in [3.63, 3.8) is 0 Å². The molecule has 3 aromatic rings. The average Bonchev–Trinajstić information content (AvgIpc) is 2.94. The summed E-state index contributed by atoms with van der Waals surface area (Å²) < 4.78 is 28.1. The van der Waals surface area contributed by atoms with Crippen LogP contribution in [0.4, 0.5) is 10.1 Å². The summed E-state index contributed by atoms with van der Waals surface area (Å²) >= 11 is 0. The zero-order chi connectivity index (χ0) is 23.8. The summed E-state index contributed by atoms with van der Waals surface area (Å²) in [5.74, 6) is -0.947. The Morgan fingerprint density at radius 3 is 2.41 bits per heavy atom. The smallest absolute Gasteiger partial charge is 0.259 e. The summed E-state index contributed by atoms with van der Waals surface area (Å²) in [5, 5.41) is 0. The Labute approximate surface area is 200 Å². The molecular formula is C26H24FN3O3S. The van der Waals surface area contributed by atoms with E-state index >= 15 is 0 Å². The Balaban J connectivity index is 1.61. The van der Waals surface area contributed by atoms with Gasteiger partial charge in [-0.3, -0.25) is 9.59 Å². The summed E-state index contributed by atoms with van der Waals surface area (Å²) in [7, 11) is 0.386. The second kappa shape index (κ2) is 9.12. The lowest BCUT2D eigenvalue weighted by molar-refractivity contribution is 0.0663. The number of hydrogen-bond donors (Lipinski definition) is 0. The van der Waals surface area contributed by atoms with Crippen molar-refractivity contribution in [3.8, 4) is 0 Å². The van der Waals surface area contributed by atoms with Gasteiger partial charge in [-0.15, -0.1) is 0 Å². The van der Waals surface area contributed by atoms with Gasteiger partial charge >= 0.3 is 0 Å². The molecule has 174 valence electrons. The van der Waals surface area contributed by atoms with Gasteiger partial charge in [0.25, 0.3) is 11.8 Å². The van der Waals surface area contributed by atoms with E-state index in [2.05, 4.69) is 4.90 Å². The fraction of sp³-hybridized carbons (Fsp3) is 0.231. The number of piperazine rings is 1. The fourth-order valence-corrected chi connectivity index (χ4v) is 5.69. The van der Waals surface area contributed by atoms with Gasteiger partial charge in [0.05, 0.1) is 38.4 Å². The third-order valence-corrected chi connectivity index (χ3v) is 7.84. The highest BCUT2D eigenvalue weighted by molar-refractivity contribution is 7.85. The third-order valence-electron chi connectivity index (χ3n) is 6.34. The van der Waals surface area contributed by atoms with Crippen molar-refractivity contribution < 1.29 is 18.2 Å². The molecule has 1 atom stereocenters. The molecule has 0 aromatic heterocycles. The highest BCUT2D eigenvalue weighted by Crippen LogP contribution is 2.36. The first kappa shape index (κ1) is 22.4. The van der Waals surface area contributed by atoms with Crippen molar-refractivity contribution >= 4 is 28.3 Å². The highest BCUT2D eigenvalue weighted by Gasteiger charge is 2.32. The van der Waals surface area contributed by atoms with E-state index in [0.29, 0.717) is 45.3 Å². The van der Waals surface area contributed by atoms with Crippen molar-refractivity contribution in [2.45, 2.75) is 16.3 Å². The molecule has 5 rings (SSSR count). The van der Waals surface area contributed by atoms with Gasteiger partial charge in [0.15, 0.2) is 0 Å². The number of nitrogens with zero attached hydrogens (tertiary/aromatic N) is 3. The minimum Gasteiger partial charge on any atom is -0.336 e. The first-order valence-corrected chi connectivity index (χ1v) is 12.3. The van der Waals surface area contributed by atoms with Gasteiger partial charge in [0.2, 0.25) is 0 Å². The number of rotatable bonds is 3. The fourth-order valence-electron chi connectivity index (χ4n) is 4.34. The SMILES string of the molecule is CN1CCN(C(=O)c2ccc3c(c2)N(Cc2ccccc2F)C(=O)c2ccccc2[S@@]3=O)CC1. The number of halogens is 1. The van der Waals surface area contributed by atoms with Gasteiger partial charge in [-0.2, -0.15) is 0 Å². The van der Waals surface area contributed by atoms with Gasteiger partial charge in [0.1, 0.15) is 5.82 Å². The molecule has 1 saturated heterocycles. The molecule has 0 bridgehead atoms. The van der Waals surface area contributed by atoms with Crippen LogP contribution in [0.2, 0.25) is 0 Å².